The van der Waals surface area contributed by atoms with Crippen LogP contribution < -0.4 is 10.0 Å². The fraction of sp³-hybridized carbons (Fsp3) is 0.429. The van der Waals surface area contributed by atoms with Crippen molar-refractivity contribution in [1.82, 2.24) is 10.0 Å². The Bertz CT molecular complexity index is 829. The molecule has 5 heteroatoms. The molecule has 0 spiro atoms. The van der Waals surface area contributed by atoms with Gasteiger partial charge in [-0.15, -0.1) is 0 Å². The molecule has 2 aromatic rings. The fourth-order valence-electron chi connectivity index (χ4n) is 3.51. The summed E-state index contributed by atoms with van der Waals surface area (Å²) in [6, 6.07) is 17.0. The maximum absolute atomic E-state index is 12.0. The first kappa shape index (κ1) is 19.1. The van der Waals surface area contributed by atoms with Crippen molar-refractivity contribution in [2.24, 2.45) is 0 Å². The van der Waals surface area contributed by atoms with Gasteiger partial charge < -0.3 is 5.32 Å². The van der Waals surface area contributed by atoms with E-state index in [1.165, 1.54) is 16.7 Å². The topological polar surface area (TPSA) is 58.2 Å². The van der Waals surface area contributed by atoms with Crippen molar-refractivity contribution in [3.8, 4) is 0 Å². The molecule has 0 saturated heterocycles. The van der Waals surface area contributed by atoms with Crippen LogP contribution in [0.2, 0.25) is 0 Å². The molecule has 1 aliphatic rings. The Hall–Kier alpha value is -1.69. The fourth-order valence-corrected chi connectivity index (χ4v) is 4.94. The highest BCUT2D eigenvalue weighted by atomic mass is 32.2. The second kappa shape index (κ2) is 8.33. The predicted octanol–water partition coefficient (Wildman–Crippen LogP) is 3.16. The van der Waals surface area contributed by atoms with Crippen molar-refractivity contribution in [1.29, 1.82) is 0 Å². The highest BCUT2D eigenvalue weighted by molar-refractivity contribution is 7.88. The zero-order chi connectivity index (χ0) is 18.6. The molecular formula is C21H28N2O2S. The third-order valence-electron chi connectivity index (χ3n) is 4.74. The highest BCUT2D eigenvalue weighted by Crippen LogP contribution is 2.21. The number of hydrogen-bond acceptors (Lipinski definition) is 3. The van der Waals surface area contributed by atoms with E-state index < -0.39 is 10.0 Å². The Morgan fingerprint density at radius 2 is 1.65 bits per heavy atom. The Morgan fingerprint density at radius 1 is 1.00 bits per heavy atom. The van der Waals surface area contributed by atoms with Gasteiger partial charge in [0.25, 0.3) is 0 Å². The molecule has 1 atom stereocenters. The molecule has 3 rings (SSSR count). The van der Waals surface area contributed by atoms with Crippen molar-refractivity contribution in [2.45, 2.75) is 57.5 Å². The second-order valence-electron chi connectivity index (χ2n) is 7.44. The zero-order valence-electron chi connectivity index (χ0n) is 15.5. The summed E-state index contributed by atoms with van der Waals surface area (Å²) in [4.78, 5) is 0. The van der Waals surface area contributed by atoms with Crippen LogP contribution >= 0.6 is 0 Å². The summed E-state index contributed by atoms with van der Waals surface area (Å²) >= 11 is 0. The van der Waals surface area contributed by atoms with Crippen molar-refractivity contribution in [2.75, 3.05) is 0 Å². The van der Waals surface area contributed by atoms with E-state index in [9.17, 15) is 8.42 Å². The van der Waals surface area contributed by atoms with Gasteiger partial charge in [-0.05, 0) is 55.4 Å². The van der Waals surface area contributed by atoms with Gasteiger partial charge in [0.05, 0.1) is 5.75 Å². The summed E-state index contributed by atoms with van der Waals surface area (Å²) in [5, 5.41) is 3.64. The summed E-state index contributed by atoms with van der Waals surface area (Å²) in [6.45, 7) is 4.47. The Morgan fingerprint density at radius 3 is 2.35 bits per heavy atom. The molecule has 26 heavy (non-hydrogen) atoms. The van der Waals surface area contributed by atoms with Crippen LogP contribution in [0.25, 0.3) is 0 Å². The normalized spacial score (nSPS) is 17.3. The van der Waals surface area contributed by atoms with Crippen molar-refractivity contribution >= 4 is 10.0 Å². The third-order valence-corrected chi connectivity index (χ3v) is 6.28. The van der Waals surface area contributed by atoms with Gasteiger partial charge in [0.2, 0.25) is 10.0 Å². The molecule has 4 nitrogen and oxygen atoms in total. The lowest BCUT2D eigenvalue weighted by Gasteiger charge is -2.25. The van der Waals surface area contributed by atoms with Gasteiger partial charge in [0, 0.05) is 18.6 Å². The maximum atomic E-state index is 12.0. The SMILES string of the molecule is CC(C)NS(=O)(=O)Cc1ccc(CN[C@@H]2CCc3ccccc3C2)cc1. The van der Waals surface area contributed by atoms with Crippen LogP contribution in [-0.2, 0) is 35.2 Å². The number of sulfonamides is 1. The van der Waals surface area contributed by atoms with Gasteiger partial charge in [0.1, 0.15) is 0 Å². The minimum atomic E-state index is -3.27. The lowest BCUT2D eigenvalue weighted by molar-refractivity contribution is 0.457. The van der Waals surface area contributed by atoms with Crippen LogP contribution in [0.4, 0.5) is 0 Å². The molecule has 1 aliphatic carbocycles. The monoisotopic (exact) mass is 372 g/mol. The number of rotatable bonds is 7. The third kappa shape index (κ3) is 5.40. The van der Waals surface area contributed by atoms with Crippen molar-refractivity contribution in [3.05, 3.63) is 70.8 Å². The first-order chi connectivity index (χ1) is 12.4. The summed E-state index contributed by atoms with van der Waals surface area (Å²) < 4.78 is 26.6. The van der Waals surface area contributed by atoms with Gasteiger partial charge >= 0.3 is 0 Å². The molecule has 0 aromatic heterocycles. The van der Waals surface area contributed by atoms with E-state index in [1.54, 1.807) is 0 Å². The first-order valence-corrected chi connectivity index (χ1v) is 10.9. The van der Waals surface area contributed by atoms with E-state index in [4.69, 9.17) is 0 Å². The predicted molar refractivity (Wildman–Crippen MR) is 106 cm³/mol. The van der Waals surface area contributed by atoms with Crippen LogP contribution in [0.1, 0.15) is 42.5 Å². The van der Waals surface area contributed by atoms with Gasteiger partial charge in [-0.2, -0.15) is 0 Å². The van der Waals surface area contributed by atoms with Crippen molar-refractivity contribution in [3.63, 3.8) is 0 Å². The molecule has 0 aliphatic heterocycles. The van der Waals surface area contributed by atoms with E-state index in [0.717, 1.165) is 31.4 Å². The molecule has 0 amide bonds. The van der Waals surface area contributed by atoms with Gasteiger partial charge in [-0.1, -0.05) is 48.5 Å². The molecule has 140 valence electrons. The largest absolute Gasteiger partial charge is 0.310 e. The minimum absolute atomic E-state index is 0.0261. The number of aryl methyl sites for hydroxylation is 1. The van der Waals surface area contributed by atoms with Crippen molar-refractivity contribution < 1.29 is 8.42 Å². The molecule has 0 saturated carbocycles. The molecule has 0 bridgehead atoms. The Balaban J connectivity index is 1.52. The first-order valence-electron chi connectivity index (χ1n) is 9.29. The summed E-state index contributed by atoms with van der Waals surface area (Å²) in [5.41, 5.74) is 4.93. The van der Waals surface area contributed by atoms with Crippen LogP contribution in [0, 0.1) is 0 Å². The van der Waals surface area contributed by atoms with Crippen LogP contribution in [0.15, 0.2) is 48.5 Å². The molecule has 0 radical (unpaired) electrons. The van der Waals surface area contributed by atoms with E-state index in [-0.39, 0.29) is 11.8 Å². The number of fused-ring (bicyclic) bond motifs is 1. The molecule has 0 heterocycles. The van der Waals surface area contributed by atoms with Crippen LogP contribution in [-0.4, -0.2) is 20.5 Å². The quantitative estimate of drug-likeness (QED) is 0.785. The van der Waals surface area contributed by atoms with E-state index in [1.807, 2.05) is 38.1 Å². The van der Waals surface area contributed by atoms with Gasteiger partial charge in [-0.25, -0.2) is 13.1 Å². The van der Waals surface area contributed by atoms with Crippen LogP contribution in [0.3, 0.4) is 0 Å². The number of benzene rings is 2. The molecule has 0 unspecified atom stereocenters. The summed E-state index contributed by atoms with van der Waals surface area (Å²) in [5.74, 6) is 0.0261. The highest BCUT2D eigenvalue weighted by Gasteiger charge is 2.17. The number of nitrogens with one attached hydrogen (secondary N) is 2. The molecule has 2 N–H and O–H groups in total. The smallest absolute Gasteiger partial charge is 0.216 e. The Labute approximate surface area is 157 Å². The average molecular weight is 373 g/mol. The molecule has 2 aromatic carbocycles. The summed E-state index contributed by atoms with van der Waals surface area (Å²) in [6.07, 6.45) is 3.37. The lowest BCUT2D eigenvalue weighted by atomic mass is 9.88. The Kier molecular flexibility index (Phi) is 6.12. The van der Waals surface area contributed by atoms with Gasteiger partial charge in [-0.3, -0.25) is 0 Å². The standard InChI is InChI=1S/C21H28N2O2S/c1-16(2)23-26(24,25)15-18-9-7-17(8-10-18)14-22-21-12-11-19-5-3-4-6-20(19)13-21/h3-10,16,21-23H,11-15H2,1-2H3/t21-/m1/s1. The minimum Gasteiger partial charge on any atom is -0.310 e. The average Bonchev–Trinajstić information content (AvgIpc) is 2.59. The maximum Gasteiger partial charge on any atom is 0.216 e. The van der Waals surface area contributed by atoms with Crippen LogP contribution in [0.5, 0.6) is 0 Å². The lowest BCUT2D eigenvalue weighted by Crippen LogP contribution is -2.34. The summed E-state index contributed by atoms with van der Waals surface area (Å²) in [7, 11) is -3.27. The van der Waals surface area contributed by atoms with E-state index >= 15 is 0 Å². The van der Waals surface area contributed by atoms with Gasteiger partial charge in [0.15, 0.2) is 0 Å². The number of hydrogen-bond donors (Lipinski definition) is 2. The van der Waals surface area contributed by atoms with E-state index in [2.05, 4.69) is 34.3 Å². The molecule has 0 fully saturated rings. The second-order valence-corrected chi connectivity index (χ2v) is 9.19. The van der Waals surface area contributed by atoms with E-state index in [0.29, 0.717) is 6.04 Å². The molecular weight excluding hydrogens is 344 g/mol. The zero-order valence-corrected chi connectivity index (χ0v) is 16.4.